The van der Waals surface area contributed by atoms with E-state index in [0.29, 0.717) is 6.54 Å². The fraction of sp³-hybridized carbons (Fsp3) is 0.385. The first-order valence-electron chi connectivity index (χ1n) is 6.03. The van der Waals surface area contributed by atoms with Crippen LogP contribution in [-0.2, 0) is 19.4 Å². The Morgan fingerprint density at radius 1 is 1.33 bits per heavy atom. The third-order valence-electron chi connectivity index (χ3n) is 2.84. The molecule has 0 saturated carbocycles. The van der Waals surface area contributed by atoms with Crippen LogP contribution in [-0.4, -0.2) is 28.4 Å². The molecular weight excluding hydrogens is 228 g/mol. The van der Waals surface area contributed by atoms with E-state index in [-0.39, 0.29) is 0 Å². The van der Waals surface area contributed by atoms with E-state index in [4.69, 9.17) is 10.5 Å². The molecule has 1 heterocycles. The highest BCUT2D eigenvalue weighted by molar-refractivity contribution is 5.28. The zero-order valence-electron chi connectivity index (χ0n) is 10.5. The third-order valence-corrected chi connectivity index (χ3v) is 2.84. The first-order chi connectivity index (χ1) is 8.83. The van der Waals surface area contributed by atoms with Gasteiger partial charge in [-0.2, -0.15) is 0 Å². The van der Waals surface area contributed by atoms with Crippen molar-refractivity contribution in [2.24, 2.45) is 5.73 Å². The normalized spacial score (nSPS) is 10.6. The van der Waals surface area contributed by atoms with Gasteiger partial charge in [-0.05, 0) is 30.7 Å². The molecule has 0 radical (unpaired) electrons. The molecule has 5 nitrogen and oxygen atoms in total. The van der Waals surface area contributed by atoms with Crippen LogP contribution in [0.5, 0.6) is 5.75 Å². The summed E-state index contributed by atoms with van der Waals surface area (Å²) in [6, 6.07) is 8.09. The molecule has 1 aromatic heterocycles. The molecule has 2 N–H and O–H groups in total. The quantitative estimate of drug-likeness (QED) is 0.826. The predicted molar refractivity (Wildman–Crippen MR) is 69.5 cm³/mol. The van der Waals surface area contributed by atoms with Crippen molar-refractivity contribution in [3.05, 3.63) is 42.0 Å². The van der Waals surface area contributed by atoms with E-state index in [1.54, 1.807) is 13.4 Å². The SMILES string of the molecule is COc1cccc(CCn2cnnc2CCN)c1. The summed E-state index contributed by atoms with van der Waals surface area (Å²) in [6.45, 7) is 1.45. The van der Waals surface area contributed by atoms with Gasteiger partial charge in [-0.1, -0.05) is 12.1 Å². The van der Waals surface area contributed by atoms with Gasteiger partial charge in [-0.25, -0.2) is 0 Å². The smallest absolute Gasteiger partial charge is 0.134 e. The van der Waals surface area contributed by atoms with Crippen molar-refractivity contribution in [3.8, 4) is 5.75 Å². The van der Waals surface area contributed by atoms with Gasteiger partial charge in [0.15, 0.2) is 0 Å². The molecule has 5 heteroatoms. The van der Waals surface area contributed by atoms with Gasteiger partial charge < -0.3 is 15.0 Å². The van der Waals surface area contributed by atoms with Crippen molar-refractivity contribution in [3.63, 3.8) is 0 Å². The number of nitrogens with zero attached hydrogens (tertiary/aromatic N) is 3. The summed E-state index contributed by atoms with van der Waals surface area (Å²) < 4.78 is 7.25. The predicted octanol–water partition coefficient (Wildman–Crippen LogP) is 1.03. The average Bonchev–Trinajstić information content (AvgIpc) is 2.85. The van der Waals surface area contributed by atoms with Crippen molar-refractivity contribution < 1.29 is 4.74 Å². The molecule has 0 aliphatic carbocycles. The number of ether oxygens (including phenoxy) is 1. The summed E-state index contributed by atoms with van der Waals surface area (Å²) in [5.74, 6) is 1.83. The highest BCUT2D eigenvalue weighted by Crippen LogP contribution is 2.13. The zero-order valence-corrected chi connectivity index (χ0v) is 10.5. The molecule has 0 unspecified atom stereocenters. The van der Waals surface area contributed by atoms with Crippen LogP contribution in [0.2, 0.25) is 0 Å². The molecule has 2 aromatic rings. The lowest BCUT2D eigenvalue weighted by molar-refractivity contribution is 0.414. The van der Waals surface area contributed by atoms with Crippen LogP contribution in [0.4, 0.5) is 0 Å². The van der Waals surface area contributed by atoms with E-state index < -0.39 is 0 Å². The highest BCUT2D eigenvalue weighted by atomic mass is 16.5. The minimum Gasteiger partial charge on any atom is -0.497 e. The molecule has 0 amide bonds. The second-order valence-corrected chi connectivity index (χ2v) is 4.08. The summed E-state index contributed by atoms with van der Waals surface area (Å²) in [5.41, 5.74) is 6.77. The van der Waals surface area contributed by atoms with Crippen molar-refractivity contribution in [1.82, 2.24) is 14.8 Å². The molecule has 96 valence electrons. The number of aromatic nitrogens is 3. The molecular formula is C13H18N4O. The van der Waals surface area contributed by atoms with Crippen LogP contribution in [0.3, 0.4) is 0 Å². The fourth-order valence-corrected chi connectivity index (χ4v) is 1.87. The van der Waals surface area contributed by atoms with Gasteiger partial charge in [0.2, 0.25) is 0 Å². The van der Waals surface area contributed by atoms with Gasteiger partial charge in [-0.15, -0.1) is 10.2 Å². The first kappa shape index (κ1) is 12.6. The highest BCUT2D eigenvalue weighted by Gasteiger charge is 2.03. The van der Waals surface area contributed by atoms with E-state index in [0.717, 1.165) is 31.0 Å². The summed E-state index contributed by atoms with van der Waals surface area (Å²) >= 11 is 0. The Morgan fingerprint density at radius 3 is 3.00 bits per heavy atom. The summed E-state index contributed by atoms with van der Waals surface area (Å²) in [4.78, 5) is 0. The lowest BCUT2D eigenvalue weighted by Gasteiger charge is -2.07. The number of benzene rings is 1. The minimum absolute atomic E-state index is 0.595. The van der Waals surface area contributed by atoms with Crippen molar-refractivity contribution in [2.75, 3.05) is 13.7 Å². The first-order valence-corrected chi connectivity index (χ1v) is 6.03. The summed E-state index contributed by atoms with van der Waals surface area (Å²) in [7, 11) is 1.68. The van der Waals surface area contributed by atoms with Gasteiger partial charge in [-0.3, -0.25) is 0 Å². The molecule has 2 rings (SSSR count). The fourth-order valence-electron chi connectivity index (χ4n) is 1.87. The topological polar surface area (TPSA) is 66.0 Å². The number of aryl methyl sites for hydroxylation is 2. The Kier molecular flexibility index (Phi) is 4.30. The van der Waals surface area contributed by atoms with E-state index in [9.17, 15) is 0 Å². The second kappa shape index (κ2) is 6.16. The summed E-state index contributed by atoms with van der Waals surface area (Å²) in [6.07, 6.45) is 3.44. The Balaban J connectivity index is 1.99. The van der Waals surface area contributed by atoms with Crippen LogP contribution >= 0.6 is 0 Å². The molecule has 0 saturated heterocycles. The van der Waals surface area contributed by atoms with Crippen LogP contribution in [0, 0.1) is 0 Å². The molecule has 1 aromatic carbocycles. The van der Waals surface area contributed by atoms with Crippen LogP contribution in [0.15, 0.2) is 30.6 Å². The van der Waals surface area contributed by atoms with Gasteiger partial charge in [0.25, 0.3) is 0 Å². The monoisotopic (exact) mass is 246 g/mol. The lowest BCUT2D eigenvalue weighted by atomic mass is 10.1. The number of hydrogen-bond acceptors (Lipinski definition) is 4. The molecule has 0 aliphatic rings. The van der Waals surface area contributed by atoms with E-state index in [1.165, 1.54) is 5.56 Å². The average molecular weight is 246 g/mol. The zero-order chi connectivity index (χ0) is 12.8. The Hall–Kier alpha value is -1.88. The maximum atomic E-state index is 5.54. The minimum atomic E-state index is 0.595. The Labute approximate surface area is 107 Å². The second-order valence-electron chi connectivity index (χ2n) is 4.08. The third kappa shape index (κ3) is 3.07. The largest absolute Gasteiger partial charge is 0.497 e. The molecule has 0 aliphatic heterocycles. The standard InChI is InChI=1S/C13H18N4O/c1-18-12-4-2-3-11(9-12)6-8-17-10-15-16-13(17)5-7-14/h2-4,9-10H,5-8,14H2,1H3. The molecule has 0 fully saturated rings. The molecule has 0 spiro atoms. The van der Waals surface area contributed by atoms with E-state index >= 15 is 0 Å². The van der Waals surface area contributed by atoms with E-state index in [1.807, 2.05) is 22.8 Å². The summed E-state index contributed by atoms with van der Waals surface area (Å²) in [5, 5.41) is 7.98. The molecule has 0 bridgehead atoms. The van der Waals surface area contributed by atoms with Crippen molar-refractivity contribution in [1.29, 1.82) is 0 Å². The Morgan fingerprint density at radius 2 is 2.22 bits per heavy atom. The lowest BCUT2D eigenvalue weighted by Crippen LogP contribution is -2.11. The van der Waals surface area contributed by atoms with Gasteiger partial charge in [0.05, 0.1) is 7.11 Å². The van der Waals surface area contributed by atoms with Crippen LogP contribution in [0.25, 0.3) is 0 Å². The molecule has 0 atom stereocenters. The Bertz CT molecular complexity index is 495. The van der Waals surface area contributed by atoms with Gasteiger partial charge >= 0.3 is 0 Å². The van der Waals surface area contributed by atoms with Gasteiger partial charge in [0, 0.05) is 13.0 Å². The van der Waals surface area contributed by atoms with Crippen LogP contribution < -0.4 is 10.5 Å². The maximum Gasteiger partial charge on any atom is 0.134 e. The number of rotatable bonds is 6. The molecule has 18 heavy (non-hydrogen) atoms. The number of hydrogen-bond donors (Lipinski definition) is 1. The van der Waals surface area contributed by atoms with Crippen LogP contribution in [0.1, 0.15) is 11.4 Å². The van der Waals surface area contributed by atoms with Crippen molar-refractivity contribution >= 4 is 0 Å². The van der Waals surface area contributed by atoms with Crippen molar-refractivity contribution in [2.45, 2.75) is 19.4 Å². The van der Waals surface area contributed by atoms with Gasteiger partial charge in [0.1, 0.15) is 17.9 Å². The maximum absolute atomic E-state index is 5.54. The number of nitrogens with two attached hydrogens (primary N) is 1. The van der Waals surface area contributed by atoms with E-state index in [2.05, 4.69) is 16.3 Å². The number of methoxy groups -OCH3 is 1.